The van der Waals surface area contributed by atoms with Gasteiger partial charge >= 0.3 is 12.0 Å². The molecule has 0 radical (unpaired) electrons. The monoisotopic (exact) mass is 413 g/mol. The average molecular weight is 413 g/mol. The molecule has 1 aromatic carbocycles. The maximum atomic E-state index is 12.9. The van der Waals surface area contributed by atoms with Crippen molar-refractivity contribution in [2.24, 2.45) is 5.92 Å². The molecule has 2 aliphatic carbocycles. The van der Waals surface area contributed by atoms with Crippen LogP contribution in [0.4, 0.5) is 10.5 Å². The van der Waals surface area contributed by atoms with Crippen LogP contribution in [0.3, 0.4) is 0 Å². The van der Waals surface area contributed by atoms with Gasteiger partial charge in [0, 0.05) is 5.69 Å². The van der Waals surface area contributed by atoms with Crippen LogP contribution in [0.25, 0.3) is 0 Å². The molecule has 1 saturated carbocycles. The summed E-state index contributed by atoms with van der Waals surface area (Å²) in [5, 5.41) is 5.51. The molecule has 0 unspecified atom stereocenters. The lowest BCUT2D eigenvalue weighted by Gasteiger charge is -2.36. The van der Waals surface area contributed by atoms with Gasteiger partial charge < -0.3 is 15.4 Å². The van der Waals surface area contributed by atoms with Gasteiger partial charge in [0.15, 0.2) is 6.61 Å². The fourth-order valence-electron chi connectivity index (χ4n) is 4.81. The van der Waals surface area contributed by atoms with Crippen molar-refractivity contribution in [3.8, 4) is 0 Å². The minimum Gasteiger partial charge on any atom is -0.454 e. The summed E-state index contributed by atoms with van der Waals surface area (Å²) in [6.07, 6.45) is 6.49. The van der Waals surface area contributed by atoms with Crippen LogP contribution in [0.2, 0.25) is 0 Å². The number of urea groups is 1. The summed E-state index contributed by atoms with van der Waals surface area (Å²) in [7, 11) is 0. The van der Waals surface area contributed by atoms with Gasteiger partial charge in [0.25, 0.3) is 11.8 Å². The first-order valence-electron chi connectivity index (χ1n) is 10.6. The third-order valence-electron chi connectivity index (χ3n) is 6.54. The molecule has 8 heteroatoms. The summed E-state index contributed by atoms with van der Waals surface area (Å²) in [5.41, 5.74) is 2.28. The summed E-state index contributed by atoms with van der Waals surface area (Å²) in [4.78, 5) is 50.4. The summed E-state index contributed by atoms with van der Waals surface area (Å²) >= 11 is 0. The highest BCUT2D eigenvalue weighted by Crippen LogP contribution is 2.38. The van der Waals surface area contributed by atoms with Gasteiger partial charge in [-0.3, -0.25) is 19.3 Å². The zero-order valence-corrected chi connectivity index (χ0v) is 17.2. The molecule has 1 heterocycles. The molecule has 1 saturated heterocycles. The maximum absolute atomic E-state index is 12.9. The van der Waals surface area contributed by atoms with Crippen molar-refractivity contribution < 1.29 is 23.9 Å². The number of anilines is 1. The summed E-state index contributed by atoms with van der Waals surface area (Å²) in [5.74, 6) is -1.61. The SMILES string of the molecule is C[C@@H]1CCCC[C@@]12NC(=O)N(CC(=O)OCC(=O)Nc1ccc3c(c1)CCC3)C2=O. The maximum Gasteiger partial charge on any atom is 0.326 e. The van der Waals surface area contributed by atoms with E-state index in [1.54, 1.807) is 0 Å². The van der Waals surface area contributed by atoms with E-state index < -0.39 is 36.6 Å². The molecule has 2 atom stereocenters. The molecule has 1 aliphatic heterocycles. The Bertz CT molecular complexity index is 899. The number of imide groups is 1. The van der Waals surface area contributed by atoms with Crippen LogP contribution >= 0.6 is 0 Å². The number of aryl methyl sites for hydroxylation is 2. The van der Waals surface area contributed by atoms with Crippen LogP contribution in [-0.2, 0) is 32.0 Å². The van der Waals surface area contributed by atoms with Crippen LogP contribution in [-0.4, -0.2) is 47.4 Å². The van der Waals surface area contributed by atoms with Gasteiger partial charge in [0.1, 0.15) is 12.1 Å². The number of nitrogens with zero attached hydrogens (tertiary/aromatic N) is 1. The highest BCUT2D eigenvalue weighted by Gasteiger charge is 2.55. The first-order chi connectivity index (χ1) is 14.4. The van der Waals surface area contributed by atoms with Gasteiger partial charge in [0.2, 0.25) is 0 Å². The molecule has 0 bridgehead atoms. The Kier molecular flexibility index (Phi) is 5.49. The smallest absolute Gasteiger partial charge is 0.326 e. The van der Waals surface area contributed by atoms with Crippen molar-refractivity contribution in [1.82, 2.24) is 10.2 Å². The second kappa shape index (κ2) is 8.08. The molecular formula is C22H27N3O5. The quantitative estimate of drug-likeness (QED) is 0.569. The lowest BCUT2D eigenvalue weighted by atomic mass is 9.73. The van der Waals surface area contributed by atoms with E-state index in [1.165, 1.54) is 11.1 Å². The fraction of sp³-hybridized carbons (Fsp3) is 0.545. The van der Waals surface area contributed by atoms with Crippen molar-refractivity contribution in [3.63, 3.8) is 0 Å². The molecule has 1 aromatic rings. The van der Waals surface area contributed by atoms with Crippen molar-refractivity contribution in [2.75, 3.05) is 18.5 Å². The Morgan fingerprint density at radius 1 is 1.20 bits per heavy atom. The average Bonchev–Trinajstić information content (AvgIpc) is 3.27. The van der Waals surface area contributed by atoms with Crippen molar-refractivity contribution >= 4 is 29.5 Å². The number of esters is 1. The normalized spacial score (nSPS) is 25.2. The Morgan fingerprint density at radius 3 is 2.80 bits per heavy atom. The van der Waals surface area contributed by atoms with Crippen LogP contribution in [0.1, 0.15) is 50.2 Å². The summed E-state index contributed by atoms with van der Waals surface area (Å²) < 4.78 is 5.01. The zero-order chi connectivity index (χ0) is 21.3. The highest BCUT2D eigenvalue weighted by atomic mass is 16.5. The molecule has 8 nitrogen and oxygen atoms in total. The van der Waals surface area contributed by atoms with E-state index in [-0.39, 0.29) is 11.8 Å². The molecule has 2 N–H and O–H groups in total. The van der Waals surface area contributed by atoms with Crippen LogP contribution in [0, 0.1) is 5.92 Å². The molecule has 0 aromatic heterocycles. The third kappa shape index (κ3) is 3.78. The van der Waals surface area contributed by atoms with Gasteiger partial charge in [-0.2, -0.15) is 0 Å². The standard InChI is InChI=1S/C22H27N3O5/c1-14-5-2-3-10-22(14)20(28)25(21(29)24-22)12-19(27)30-13-18(26)23-17-9-8-15-6-4-7-16(15)11-17/h8-9,11,14H,2-7,10,12-13H2,1H3,(H,23,26)(H,24,29)/t14-,22-/m1/s1. The topological polar surface area (TPSA) is 105 Å². The minimum absolute atomic E-state index is 0.0156. The van der Waals surface area contributed by atoms with Gasteiger partial charge in [0.05, 0.1) is 0 Å². The Morgan fingerprint density at radius 2 is 2.00 bits per heavy atom. The number of carbonyl (C=O) groups is 4. The Balaban J connectivity index is 1.29. The van der Waals surface area contributed by atoms with E-state index in [9.17, 15) is 19.2 Å². The Labute approximate surface area is 175 Å². The van der Waals surface area contributed by atoms with Gasteiger partial charge in [-0.1, -0.05) is 25.8 Å². The van der Waals surface area contributed by atoms with E-state index in [2.05, 4.69) is 10.6 Å². The molecule has 1 spiro atoms. The van der Waals surface area contributed by atoms with E-state index in [1.807, 2.05) is 25.1 Å². The van der Waals surface area contributed by atoms with Crippen molar-refractivity contribution in [3.05, 3.63) is 29.3 Å². The molecular weight excluding hydrogens is 386 g/mol. The number of carbonyl (C=O) groups excluding carboxylic acids is 4. The van der Waals surface area contributed by atoms with Gasteiger partial charge in [-0.05, 0) is 61.3 Å². The molecule has 4 amide bonds. The number of fused-ring (bicyclic) bond motifs is 1. The molecule has 3 aliphatic rings. The van der Waals surface area contributed by atoms with E-state index in [0.717, 1.165) is 43.4 Å². The number of hydrogen-bond donors (Lipinski definition) is 2. The number of benzene rings is 1. The highest BCUT2D eigenvalue weighted by molar-refractivity contribution is 6.09. The molecule has 4 rings (SSSR count). The van der Waals surface area contributed by atoms with Crippen molar-refractivity contribution in [2.45, 2.75) is 57.4 Å². The first-order valence-corrected chi connectivity index (χ1v) is 10.6. The third-order valence-corrected chi connectivity index (χ3v) is 6.54. The van der Waals surface area contributed by atoms with Crippen LogP contribution < -0.4 is 10.6 Å². The predicted molar refractivity (Wildman–Crippen MR) is 109 cm³/mol. The number of rotatable bonds is 5. The second-order valence-electron chi connectivity index (χ2n) is 8.49. The van der Waals surface area contributed by atoms with Crippen LogP contribution in [0.5, 0.6) is 0 Å². The second-order valence-corrected chi connectivity index (χ2v) is 8.49. The number of ether oxygens (including phenoxy) is 1. The van der Waals surface area contributed by atoms with Gasteiger partial charge in [-0.25, -0.2) is 4.79 Å². The summed E-state index contributed by atoms with van der Waals surface area (Å²) in [6, 6.07) is 5.21. The Hall–Kier alpha value is -2.90. The number of amides is 4. The molecule has 30 heavy (non-hydrogen) atoms. The predicted octanol–water partition coefficient (Wildman–Crippen LogP) is 2.16. The van der Waals surface area contributed by atoms with E-state index in [0.29, 0.717) is 12.1 Å². The molecule has 160 valence electrons. The van der Waals surface area contributed by atoms with Gasteiger partial charge in [-0.15, -0.1) is 0 Å². The summed E-state index contributed by atoms with van der Waals surface area (Å²) in [6.45, 7) is 0.981. The zero-order valence-electron chi connectivity index (χ0n) is 17.2. The van der Waals surface area contributed by atoms with E-state index in [4.69, 9.17) is 4.74 Å². The van der Waals surface area contributed by atoms with Crippen molar-refractivity contribution in [1.29, 1.82) is 0 Å². The lowest BCUT2D eigenvalue weighted by molar-refractivity contribution is -0.150. The minimum atomic E-state index is -0.916. The largest absolute Gasteiger partial charge is 0.454 e. The lowest BCUT2D eigenvalue weighted by Crippen LogP contribution is -2.54. The van der Waals surface area contributed by atoms with E-state index >= 15 is 0 Å². The number of hydrogen-bond acceptors (Lipinski definition) is 5. The first kappa shape index (κ1) is 20.4. The molecule has 2 fully saturated rings. The number of nitrogens with one attached hydrogen (secondary N) is 2. The fourth-order valence-corrected chi connectivity index (χ4v) is 4.81. The van der Waals surface area contributed by atoms with Crippen LogP contribution in [0.15, 0.2) is 18.2 Å².